The normalized spacial score (nSPS) is 11.0. The van der Waals surface area contributed by atoms with Crippen LogP contribution in [0.3, 0.4) is 0 Å². The Labute approximate surface area is 80.4 Å². The Morgan fingerprint density at radius 1 is 0.917 bits per heavy atom. The van der Waals surface area contributed by atoms with Crippen LogP contribution in [0.1, 0.15) is 32.1 Å². The second-order valence-electron chi connectivity index (χ2n) is 3.11. The van der Waals surface area contributed by atoms with E-state index < -0.39 is 0 Å². The van der Waals surface area contributed by atoms with Crippen molar-refractivity contribution in [1.29, 1.82) is 0 Å². The third kappa shape index (κ3) is 6.95. The Bertz CT molecular complexity index is 80.6. The van der Waals surface area contributed by atoms with Gasteiger partial charge in [0.05, 0.1) is 0 Å². The lowest BCUT2D eigenvalue weighted by molar-refractivity contribution is 0.247. The molecular weight excluding hydrogens is 172 g/mol. The molecule has 74 valence electrons. The molecular formula is C9H20O2S. The average Bonchev–Trinajstić information content (AvgIpc) is 2.10. The van der Waals surface area contributed by atoms with E-state index >= 15 is 0 Å². The van der Waals surface area contributed by atoms with Gasteiger partial charge < -0.3 is 10.2 Å². The van der Waals surface area contributed by atoms with Crippen LogP contribution < -0.4 is 0 Å². The van der Waals surface area contributed by atoms with Crippen molar-refractivity contribution in [1.82, 2.24) is 0 Å². The van der Waals surface area contributed by atoms with Crippen LogP contribution in [0.2, 0.25) is 0 Å². The third-order valence-electron chi connectivity index (χ3n) is 2.08. The Hall–Kier alpha value is 0.270. The molecule has 0 rings (SSSR count). The molecule has 0 bridgehead atoms. The summed E-state index contributed by atoms with van der Waals surface area (Å²) in [7, 11) is 0. The second-order valence-corrected chi connectivity index (χ2v) is 3.56. The lowest BCUT2D eigenvalue weighted by atomic mass is 9.95. The fourth-order valence-electron chi connectivity index (χ4n) is 1.38. The summed E-state index contributed by atoms with van der Waals surface area (Å²) in [5.74, 6) is 1.54. The van der Waals surface area contributed by atoms with Crippen molar-refractivity contribution >= 4 is 12.6 Å². The molecule has 0 saturated carbocycles. The van der Waals surface area contributed by atoms with Crippen molar-refractivity contribution < 1.29 is 10.2 Å². The molecule has 0 unspecified atom stereocenters. The smallest absolute Gasteiger partial charge is 0.0431 e. The second kappa shape index (κ2) is 9.36. The first-order chi connectivity index (χ1) is 5.85. The summed E-state index contributed by atoms with van der Waals surface area (Å²) in [6.07, 6.45) is 4.99. The molecule has 0 spiro atoms. The minimum absolute atomic E-state index is 0.280. The Morgan fingerprint density at radius 2 is 1.42 bits per heavy atom. The quantitative estimate of drug-likeness (QED) is 0.510. The Morgan fingerprint density at radius 3 is 1.75 bits per heavy atom. The summed E-state index contributed by atoms with van der Waals surface area (Å²) in [4.78, 5) is 0. The van der Waals surface area contributed by atoms with E-state index in [0.29, 0.717) is 5.92 Å². The maximum atomic E-state index is 8.64. The van der Waals surface area contributed by atoms with E-state index in [1.807, 2.05) is 0 Å². The minimum Gasteiger partial charge on any atom is -0.396 e. The first-order valence-electron chi connectivity index (χ1n) is 4.67. The van der Waals surface area contributed by atoms with E-state index in [2.05, 4.69) is 12.6 Å². The summed E-state index contributed by atoms with van der Waals surface area (Å²) in [5, 5.41) is 17.3. The molecule has 3 heteroatoms. The summed E-state index contributed by atoms with van der Waals surface area (Å²) >= 11 is 4.18. The molecule has 0 aliphatic rings. The zero-order valence-electron chi connectivity index (χ0n) is 7.58. The molecule has 0 atom stereocenters. The number of aliphatic hydroxyl groups is 2. The zero-order chi connectivity index (χ0) is 9.23. The Balaban J connectivity index is 3.40. The minimum atomic E-state index is 0.280. The summed E-state index contributed by atoms with van der Waals surface area (Å²) in [6, 6.07) is 0. The number of rotatable bonds is 8. The fraction of sp³-hybridized carbons (Fsp3) is 1.00. The van der Waals surface area contributed by atoms with E-state index in [1.54, 1.807) is 0 Å². The van der Waals surface area contributed by atoms with Crippen LogP contribution in [-0.2, 0) is 0 Å². The summed E-state index contributed by atoms with van der Waals surface area (Å²) < 4.78 is 0. The van der Waals surface area contributed by atoms with Gasteiger partial charge in [0, 0.05) is 13.2 Å². The Kier molecular flexibility index (Phi) is 9.57. The van der Waals surface area contributed by atoms with Gasteiger partial charge in [-0.1, -0.05) is 0 Å². The van der Waals surface area contributed by atoms with Gasteiger partial charge in [-0.3, -0.25) is 0 Å². The molecule has 0 aliphatic carbocycles. The molecule has 12 heavy (non-hydrogen) atoms. The van der Waals surface area contributed by atoms with Crippen LogP contribution in [0.15, 0.2) is 0 Å². The molecule has 2 N–H and O–H groups in total. The van der Waals surface area contributed by atoms with Crippen LogP contribution in [0.5, 0.6) is 0 Å². The van der Waals surface area contributed by atoms with Crippen LogP contribution in [0, 0.1) is 5.92 Å². The monoisotopic (exact) mass is 192 g/mol. The molecule has 0 amide bonds. The van der Waals surface area contributed by atoms with Gasteiger partial charge in [0.25, 0.3) is 0 Å². The van der Waals surface area contributed by atoms with Crippen molar-refractivity contribution in [3.63, 3.8) is 0 Å². The summed E-state index contributed by atoms with van der Waals surface area (Å²) in [6.45, 7) is 0.560. The fourth-order valence-corrected chi connectivity index (χ4v) is 1.74. The molecule has 0 aromatic heterocycles. The average molecular weight is 192 g/mol. The van der Waals surface area contributed by atoms with Crippen LogP contribution >= 0.6 is 12.6 Å². The molecule has 2 nitrogen and oxygen atoms in total. The lowest BCUT2D eigenvalue weighted by Crippen LogP contribution is -2.04. The number of thiol groups is 1. The summed E-state index contributed by atoms with van der Waals surface area (Å²) in [5.41, 5.74) is 0. The maximum absolute atomic E-state index is 8.64. The van der Waals surface area contributed by atoms with Crippen molar-refractivity contribution in [2.45, 2.75) is 32.1 Å². The molecule has 0 aromatic rings. The highest BCUT2D eigenvalue weighted by Gasteiger charge is 2.06. The van der Waals surface area contributed by atoms with Gasteiger partial charge in [-0.05, 0) is 43.8 Å². The van der Waals surface area contributed by atoms with Gasteiger partial charge in [-0.25, -0.2) is 0 Å². The number of aliphatic hydroxyl groups excluding tert-OH is 2. The van der Waals surface area contributed by atoms with Gasteiger partial charge in [-0.15, -0.1) is 0 Å². The van der Waals surface area contributed by atoms with E-state index in [4.69, 9.17) is 10.2 Å². The van der Waals surface area contributed by atoms with Gasteiger partial charge in [-0.2, -0.15) is 12.6 Å². The topological polar surface area (TPSA) is 40.5 Å². The highest BCUT2D eigenvalue weighted by Crippen LogP contribution is 2.17. The van der Waals surface area contributed by atoms with Gasteiger partial charge in [0.2, 0.25) is 0 Å². The van der Waals surface area contributed by atoms with Gasteiger partial charge in [0.1, 0.15) is 0 Å². The van der Waals surface area contributed by atoms with Crippen molar-refractivity contribution in [2.75, 3.05) is 19.0 Å². The standard InChI is InChI=1S/C9H20O2S/c10-6-1-3-9(5-8-12)4-2-7-11/h9-12H,1-8H2. The molecule has 0 aromatic carbocycles. The highest BCUT2D eigenvalue weighted by atomic mass is 32.1. The van der Waals surface area contributed by atoms with Crippen molar-refractivity contribution in [3.05, 3.63) is 0 Å². The predicted octanol–water partition coefficient (Wildman–Crippen LogP) is 1.47. The first kappa shape index (κ1) is 12.3. The van der Waals surface area contributed by atoms with Crippen molar-refractivity contribution in [3.8, 4) is 0 Å². The molecule has 0 aliphatic heterocycles. The molecule has 0 radical (unpaired) electrons. The highest BCUT2D eigenvalue weighted by molar-refractivity contribution is 7.80. The van der Waals surface area contributed by atoms with Crippen molar-refractivity contribution in [2.24, 2.45) is 5.92 Å². The predicted molar refractivity (Wildman–Crippen MR) is 54.6 cm³/mol. The van der Waals surface area contributed by atoms with Gasteiger partial charge in [0.15, 0.2) is 0 Å². The first-order valence-corrected chi connectivity index (χ1v) is 5.31. The molecule has 0 heterocycles. The van der Waals surface area contributed by atoms with Crippen LogP contribution in [-0.4, -0.2) is 29.2 Å². The van der Waals surface area contributed by atoms with Crippen LogP contribution in [0.25, 0.3) is 0 Å². The van der Waals surface area contributed by atoms with E-state index in [0.717, 1.165) is 37.9 Å². The lowest BCUT2D eigenvalue weighted by Gasteiger charge is -2.13. The van der Waals surface area contributed by atoms with E-state index in [9.17, 15) is 0 Å². The van der Waals surface area contributed by atoms with Gasteiger partial charge >= 0.3 is 0 Å². The van der Waals surface area contributed by atoms with E-state index in [1.165, 1.54) is 0 Å². The molecule has 0 saturated heterocycles. The zero-order valence-corrected chi connectivity index (χ0v) is 8.47. The number of hydrogen-bond donors (Lipinski definition) is 3. The maximum Gasteiger partial charge on any atom is 0.0431 e. The van der Waals surface area contributed by atoms with E-state index in [-0.39, 0.29) is 13.2 Å². The SMILES string of the molecule is OCCCC(CCS)CCCO. The molecule has 0 fully saturated rings. The largest absolute Gasteiger partial charge is 0.396 e. The third-order valence-corrected chi connectivity index (χ3v) is 2.34. The van der Waals surface area contributed by atoms with Crippen LogP contribution in [0.4, 0.5) is 0 Å². The number of hydrogen-bond acceptors (Lipinski definition) is 3.